The topological polar surface area (TPSA) is 83.6 Å². The van der Waals surface area contributed by atoms with Crippen molar-refractivity contribution in [2.45, 2.75) is 57.5 Å². The first-order valence-corrected chi connectivity index (χ1v) is 9.30. The third-order valence-electron chi connectivity index (χ3n) is 4.88. The molecule has 1 aromatic carbocycles. The summed E-state index contributed by atoms with van der Waals surface area (Å²) in [6.07, 6.45) is 5.74. The molecular weight excluding hydrogens is 344 g/mol. The number of nitrogens with zero attached hydrogens (tertiary/aromatic N) is 1. The van der Waals surface area contributed by atoms with E-state index in [-0.39, 0.29) is 18.2 Å². The number of carbonyl (C=O) groups is 4. The fraction of sp³-hybridized carbons (Fsp3) is 0.429. The summed E-state index contributed by atoms with van der Waals surface area (Å²) in [4.78, 5) is 47.9. The van der Waals surface area contributed by atoms with Gasteiger partial charge in [0.15, 0.2) is 0 Å². The number of nitrogens with one attached hydrogen (secondary N) is 1. The number of amides is 3. The van der Waals surface area contributed by atoms with Gasteiger partial charge in [-0.2, -0.15) is 0 Å². The molecule has 3 rings (SSSR count). The Morgan fingerprint density at radius 3 is 2.81 bits per heavy atom. The summed E-state index contributed by atoms with van der Waals surface area (Å²) in [6.45, 7) is 0.380. The van der Waals surface area contributed by atoms with E-state index < -0.39 is 11.9 Å². The van der Waals surface area contributed by atoms with Gasteiger partial charge < -0.3 is 9.69 Å². The van der Waals surface area contributed by atoms with Crippen molar-refractivity contribution in [2.24, 2.45) is 0 Å². The van der Waals surface area contributed by atoms with Gasteiger partial charge in [0.1, 0.15) is 12.3 Å². The molecule has 1 unspecified atom stereocenters. The van der Waals surface area contributed by atoms with E-state index in [1.54, 1.807) is 6.07 Å². The fourth-order valence-electron chi connectivity index (χ4n) is 3.41. The molecule has 0 bridgehead atoms. The van der Waals surface area contributed by atoms with E-state index in [1.165, 1.54) is 4.90 Å². The highest BCUT2D eigenvalue weighted by Gasteiger charge is 2.38. The van der Waals surface area contributed by atoms with Crippen LogP contribution < -0.4 is 5.32 Å². The van der Waals surface area contributed by atoms with Crippen LogP contribution in [0.3, 0.4) is 0 Å². The first kappa shape index (κ1) is 18.8. The Labute approximate surface area is 158 Å². The zero-order valence-corrected chi connectivity index (χ0v) is 15.1. The summed E-state index contributed by atoms with van der Waals surface area (Å²) in [5.41, 5.74) is 2.24. The zero-order valence-electron chi connectivity index (χ0n) is 15.1. The number of rotatable bonds is 6. The lowest BCUT2D eigenvalue weighted by Gasteiger charge is -2.29. The fourth-order valence-corrected chi connectivity index (χ4v) is 3.41. The first-order valence-electron chi connectivity index (χ1n) is 9.30. The van der Waals surface area contributed by atoms with E-state index >= 15 is 0 Å². The molecule has 1 N–H and O–H groups in total. The van der Waals surface area contributed by atoms with Crippen LogP contribution in [0, 0.1) is 11.8 Å². The maximum atomic E-state index is 12.7. The van der Waals surface area contributed by atoms with E-state index in [9.17, 15) is 19.2 Å². The number of hydrogen-bond donors (Lipinski definition) is 1. The molecule has 1 fully saturated rings. The molecule has 1 atom stereocenters. The minimum absolute atomic E-state index is 0.183. The highest BCUT2D eigenvalue weighted by atomic mass is 16.2. The predicted octanol–water partition coefficient (Wildman–Crippen LogP) is 1.95. The van der Waals surface area contributed by atoms with Crippen LogP contribution in [-0.2, 0) is 20.9 Å². The van der Waals surface area contributed by atoms with Gasteiger partial charge in [-0.1, -0.05) is 24.3 Å². The van der Waals surface area contributed by atoms with Gasteiger partial charge in [0.05, 0.1) is 0 Å². The number of carbonyl (C=O) groups excluding carboxylic acids is 4. The van der Waals surface area contributed by atoms with E-state index in [0.717, 1.165) is 43.1 Å². The maximum absolute atomic E-state index is 12.7. The van der Waals surface area contributed by atoms with E-state index in [1.807, 2.05) is 12.1 Å². The molecule has 0 aliphatic carbocycles. The summed E-state index contributed by atoms with van der Waals surface area (Å²) in [7, 11) is 0. The molecule has 140 valence electrons. The highest BCUT2D eigenvalue weighted by molar-refractivity contribution is 6.05. The van der Waals surface area contributed by atoms with Gasteiger partial charge in [0.2, 0.25) is 11.8 Å². The van der Waals surface area contributed by atoms with Crippen molar-refractivity contribution in [2.75, 3.05) is 0 Å². The smallest absolute Gasteiger partial charge is 0.255 e. The van der Waals surface area contributed by atoms with E-state index in [2.05, 4.69) is 17.2 Å². The average Bonchev–Trinajstić information content (AvgIpc) is 2.97. The van der Waals surface area contributed by atoms with Gasteiger partial charge in [0.25, 0.3) is 5.91 Å². The molecule has 6 nitrogen and oxygen atoms in total. The van der Waals surface area contributed by atoms with Crippen LogP contribution in [0.2, 0.25) is 0 Å². The van der Waals surface area contributed by atoms with Gasteiger partial charge in [-0.05, 0) is 37.0 Å². The molecule has 2 heterocycles. The van der Waals surface area contributed by atoms with E-state index in [4.69, 9.17) is 0 Å². The second kappa shape index (κ2) is 8.63. The van der Waals surface area contributed by atoms with Gasteiger partial charge in [-0.3, -0.25) is 19.7 Å². The predicted molar refractivity (Wildman–Crippen MR) is 98.5 cm³/mol. The number of piperidine rings is 1. The van der Waals surface area contributed by atoms with Crippen LogP contribution in [0.5, 0.6) is 0 Å². The second-order valence-electron chi connectivity index (χ2n) is 6.84. The zero-order chi connectivity index (χ0) is 19.2. The summed E-state index contributed by atoms with van der Waals surface area (Å²) in [5.74, 6) is 5.31. The summed E-state index contributed by atoms with van der Waals surface area (Å²) < 4.78 is 0. The summed E-state index contributed by atoms with van der Waals surface area (Å²) >= 11 is 0. The highest BCUT2D eigenvalue weighted by Crippen LogP contribution is 2.28. The minimum Gasteiger partial charge on any atom is -0.322 e. The van der Waals surface area contributed by atoms with Crippen molar-refractivity contribution < 1.29 is 19.2 Å². The van der Waals surface area contributed by atoms with E-state index in [0.29, 0.717) is 24.9 Å². The molecule has 0 radical (unpaired) electrons. The molecule has 3 amide bonds. The molecule has 27 heavy (non-hydrogen) atoms. The van der Waals surface area contributed by atoms with Gasteiger partial charge in [-0.15, -0.1) is 0 Å². The number of unbranched alkanes of at least 4 members (excludes halogenated alkanes) is 4. The monoisotopic (exact) mass is 366 g/mol. The van der Waals surface area contributed by atoms with Gasteiger partial charge >= 0.3 is 0 Å². The van der Waals surface area contributed by atoms with Crippen molar-refractivity contribution in [1.29, 1.82) is 0 Å². The molecule has 6 heteroatoms. The van der Waals surface area contributed by atoms with Crippen LogP contribution in [0.1, 0.15) is 66.4 Å². The molecule has 2 aliphatic rings. The van der Waals surface area contributed by atoms with Crippen molar-refractivity contribution in [3.63, 3.8) is 0 Å². The number of imide groups is 1. The lowest BCUT2D eigenvalue weighted by Crippen LogP contribution is -2.52. The summed E-state index contributed by atoms with van der Waals surface area (Å²) in [5, 5.41) is 2.30. The number of aldehydes is 1. The Morgan fingerprint density at radius 1 is 1.19 bits per heavy atom. The van der Waals surface area contributed by atoms with Crippen LogP contribution in [-0.4, -0.2) is 34.9 Å². The SMILES string of the molecule is O=CCCCCCC#Cc1ccc2c(c1)C(=O)N(C1CCC(=O)NC1=O)C2. The van der Waals surface area contributed by atoms with Crippen molar-refractivity contribution >= 4 is 24.0 Å². The minimum atomic E-state index is -0.594. The molecule has 0 saturated carbocycles. The Hall–Kier alpha value is -2.94. The average molecular weight is 366 g/mol. The number of hydrogen-bond acceptors (Lipinski definition) is 4. The molecule has 1 saturated heterocycles. The first-order chi connectivity index (χ1) is 13.1. The third kappa shape index (κ3) is 4.43. The van der Waals surface area contributed by atoms with Crippen LogP contribution in [0.4, 0.5) is 0 Å². The van der Waals surface area contributed by atoms with Crippen molar-refractivity contribution in [3.8, 4) is 11.8 Å². The van der Waals surface area contributed by atoms with Crippen LogP contribution >= 0.6 is 0 Å². The Kier molecular flexibility index (Phi) is 6.02. The largest absolute Gasteiger partial charge is 0.322 e. The number of fused-ring (bicyclic) bond motifs is 1. The Bertz CT molecular complexity index is 834. The lowest BCUT2D eigenvalue weighted by atomic mass is 10.0. The summed E-state index contributed by atoms with van der Waals surface area (Å²) in [6, 6.07) is 4.96. The van der Waals surface area contributed by atoms with Crippen molar-refractivity contribution in [1.82, 2.24) is 10.2 Å². The van der Waals surface area contributed by atoms with Gasteiger partial charge in [0, 0.05) is 36.9 Å². The molecule has 0 aromatic heterocycles. The standard InChI is InChI=1S/C21H22N2O4/c24-12-6-4-2-1-3-5-7-15-8-9-16-14-23(21(27)17(16)13-15)18-10-11-19(25)22-20(18)26/h8-9,12-13,18H,1-4,6,10-11,14H2,(H,22,25,26). The molecule has 0 spiro atoms. The van der Waals surface area contributed by atoms with Crippen LogP contribution in [0.15, 0.2) is 18.2 Å². The lowest BCUT2D eigenvalue weighted by molar-refractivity contribution is -0.136. The molecule has 2 aliphatic heterocycles. The quantitative estimate of drug-likeness (QED) is 0.361. The maximum Gasteiger partial charge on any atom is 0.255 e. The number of benzene rings is 1. The third-order valence-corrected chi connectivity index (χ3v) is 4.88. The van der Waals surface area contributed by atoms with Crippen LogP contribution in [0.25, 0.3) is 0 Å². The normalized spacial score (nSPS) is 18.6. The Morgan fingerprint density at radius 2 is 2.04 bits per heavy atom. The second-order valence-corrected chi connectivity index (χ2v) is 6.84. The molecular formula is C21H22N2O4. The van der Waals surface area contributed by atoms with Gasteiger partial charge in [-0.25, -0.2) is 0 Å². The Balaban J connectivity index is 1.62. The molecule has 1 aromatic rings. The van der Waals surface area contributed by atoms with Crippen molar-refractivity contribution in [3.05, 3.63) is 34.9 Å².